The zero-order valence-corrected chi connectivity index (χ0v) is 15.0. The molecule has 1 fully saturated rings. The molecule has 0 aliphatic carbocycles. The monoisotopic (exact) mass is 376 g/mol. The highest BCUT2D eigenvalue weighted by Gasteiger charge is 2.35. The number of nitrogens with zero attached hydrogens (tertiary/aromatic N) is 2. The number of carbonyl (C=O) groups is 1. The van der Waals surface area contributed by atoms with Gasteiger partial charge in [0.1, 0.15) is 22.5 Å². The molecule has 1 aromatic heterocycles. The molecule has 2 heterocycles. The third-order valence-electron chi connectivity index (χ3n) is 3.89. The van der Waals surface area contributed by atoms with Crippen molar-refractivity contribution in [3.05, 3.63) is 47.5 Å². The van der Waals surface area contributed by atoms with Gasteiger partial charge in [0.05, 0.1) is 35.3 Å². The Morgan fingerprint density at radius 2 is 2.12 bits per heavy atom. The average molecular weight is 376 g/mol. The molecule has 0 radical (unpaired) electrons. The molecule has 2 N–H and O–H groups in total. The van der Waals surface area contributed by atoms with Crippen LogP contribution in [-0.4, -0.2) is 33.4 Å². The lowest BCUT2D eigenvalue weighted by Crippen LogP contribution is -2.58. The predicted octanol–water partition coefficient (Wildman–Crippen LogP) is 1.69. The zero-order chi connectivity index (χ0) is 18.9. The van der Waals surface area contributed by atoms with Crippen molar-refractivity contribution >= 4 is 22.6 Å². The van der Waals surface area contributed by atoms with E-state index in [1.165, 1.54) is 16.7 Å². The van der Waals surface area contributed by atoms with E-state index >= 15 is 0 Å². The highest BCUT2D eigenvalue weighted by molar-refractivity contribution is 7.83. The summed E-state index contributed by atoms with van der Waals surface area (Å²) in [5, 5.41) is 11.4. The Morgan fingerprint density at radius 3 is 2.73 bits per heavy atom. The second-order valence-corrected chi connectivity index (χ2v) is 7.60. The number of aryl methyl sites for hydroxylation is 1. The molecule has 136 valence electrons. The molecule has 1 saturated heterocycles. The van der Waals surface area contributed by atoms with Crippen LogP contribution in [0.1, 0.15) is 23.0 Å². The normalized spacial score (nSPS) is 16.4. The van der Waals surface area contributed by atoms with Gasteiger partial charge in [-0.2, -0.15) is 5.26 Å². The summed E-state index contributed by atoms with van der Waals surface area (Å²) in [6.45, 7) is 2.85. The fourth-order valence-corrected chi connectivity index (χ4v) is 3.69. The van der Waals surface area contributed by atoms with Gasteiger partial charge in [-0.1, -0.05) is 0 Å². The Hall–Kier alpha value is -2.54. The number of nitriles is 1. The van der Waals surface area contributed by atoms with E-state index in [-0.39, 0.29) is 22.5 Å². The molecule has 3 rings (SSSR count). The summed E-state index contributed by atoms with van der Waals surface area (Å²) < 4.78 is 35.6. The van der Waals surface area contributed by atoms with Gasteiger partial charge in [-0.15, -0.1) is 0 Å². The number of hydrogen-bond donors (Lipinski definition) is 2. The molecule has 2 aromatic rings. The van der Waals surface area contributed by atoms with Crippen molar-refractivity contribution in [2.24, 2.45) is 7.05 Å². The number of aromatic nitrogens is 1. The average Bonchev–Trinajstić information content (AvgIpc) is 2.94. The van der Waals surface area contributed by atoms with Crippen molar-refractivity contribution in [1.29, 1.82) is 5.26 Å². The van der Waals surface area contributed by atoms with E-state index < -0.39 is 22.7 Å². The molecule has 1 amide bonds. The largest absolute Gasteiger partial charge is 0.377 e. The number of carbonyl (C=O) groups excluding carboxylic acids is 1. The SMILES string of the molecule is Cn1cc(S(=O)NC2(C)COC2)cc1C(=O)Nc1cc(F)cc(C#N)c1. The highest BCUT2D eigenvalue weighted by Crippen LogP contribution is 2.20. The van der Waals surface area contributed by atoms with Crippen LogP contribution in [-0.2, 0) is 22.8 Å². The number of nitrogens with one attached hydrogen (secondary N) is 2. The van der Waals surface area contributed by atoms with Gasteiger partial charge in [0.2, 0.25) is 0 Å². The summed E-state index contributed by atoms with van der Waals surface area (Å²) in [4.78, 5) is 12.9. The van der Waals surface area contributed by atoms with Crippen LogP contribution < -0.4 is 10.0 Å². The van der Waals surface area contributed by atoms with Gasteiger partial charge in [0, 0.05) is 18.9 Å². The van der Waals surface area contributed by atoms with Crippen LogP contribution in [0.4, 0.5) is 10.1 Å². The summed E-state index contributed by atoms with van der Waals surface area (Å²) in [5.74, 6) is -1.11. The molecule has 0 spiro atoms. The molecular weight excluding hydrogens is 359 g/mol. The Bertz CT molecular complexity index is 931. The van der Waals surface area contributed by atoms with Gasteiger partial charge < -0.3 is 14.6 Å². The number of anilines is 1. The molecule has 1 aliphatic heterocycles. The number of benzene rings is 1. The van der Waals surface area contributed by atoms with Crippen molar-refractivity contribution in [2.75, 3.05) is 18.5 Å². The zero-order valence-electron chi connectivity index (χ0n) is 14.2. The van der Waals surface area contributed by atoms with Gasteiger partial charge in [0.15, 0.2) is 0 Å². The highest BCUT2D eigenvalue weighted by atomic mass is 32.2. The molecule has 1 aromatic carbocycles. The van der Waals surface area contributed by atoms with Crippen LogP contribution in [0.2, 0.25) is 0 Å². The molecule has 1 atom stereocenters. The van der Waals surface area contributed by atoms with Gasteiger partial charge in [0.25, 0.3) is 5.91 Å². The Morgan fingerprint density at radius 1 is 1.38 bits per heavy atom. The lowest BCUT2D eigenvalue weighted by atomic mass is 10.0. The molecule has 9 heteroatoms. The molecule has 26 heavy (non-hydrogen) atoms. The standard InChI is InChI=1S/C17H17FN4O3S/c1-17(9-25-10-17)21-26(24)14-6-15(22(2)8-14)16(23)20-13-4-11(7-19)3-12(18)5-13/h3-6,8,21H,9-10H2,1-2H3,(H,20,23). The maximum absolute atomic E-state index is 13.5. The molecule has 0 saturated carbocycles. The number of rotatable bonds is 5. The first-order valence-electron chi connectivity index (χ1n) is 7.75. The van der Waals surface area contributed by atoms with E-state index in [0.29, 0.717) is 18.1 Å². The summed E-state index contributed by atoms with van der Waals surface area (Å²) in [6, 6.07) is 6.92. The lowest BCUT2D eigenvalue weighted by molar-refractivity contribution is -0.0517. The lowest BCUT2D eigenvalue weighted by Gasteiger charge is -2.37. The number of ether oxygens (including phenoxy) is 1. The first kappa shape index (κ1) is 18.3. The molecule has 7 nitrogen and oxygen atoms in total. The number of hydrogen-bond acceptors (Lipinski definition) is 4. The van der Waals surface area contributed by atoms with Crippen LogP contribution in [0.5, 0.6) is 0 Å². The fourth-order valence-electron chi connectivity index (χ4n) is 2.53. The molecule has 1 aliphatic rings. The number of halogens is 1. The first-order chi connectivity index (χ1) is 12.3. The van der Waals surface area contributed by atoms with Crippen molar-refractivity contribution in [3.63, 3.8) is 0 Å². The first-order valence-corrected chi connectivity index (χ1v) is 8.90. The van der Waals surface area contributed by atoms with Gasteiger partial charge >= 0.3 is 0 Å². The van der Waals surface area contributed by atoms with Crippen LogP contribution >= 0.6 is 0 Å². The van der Waals surface area contributed by atoms with E-state index in [2.05, 4.69) is 10.0 Å². The second-order valence-electron chi connectivity index (χ2n) is 6.39. The maximum atomic E-state index is 13.5. The van der Waals surface area contributed by atoms with Crippen LogP contribution in [0.3, 0.4) is 0 Å². The predicted molar refractivity (Wildman–Crippen MR) is 93.2 cm³/mol. The smallest absolute Gasteiger partial charge is 0.272 e. The van der Waals surface area contributed by atoms with Crippen LogP contribution in [0.15, 0.2) is 35.4 Å². The van der Waals surface area contributed by atoms with Gasteiger partial charge in [-0.05, 0) is 31.2 Å². The molecule has 1 unspecified atom stereocenters. The quantitative estimate of drug-likeness (QED) is 0.830. The van der Waals surface area contributed by atoms with Crippen molar-refractivity contribution in [2.45, 2.75) is 17.4 Å². The van der Waals surface area contributed by atoms with E-state index in [9.17, 15) is 13.4 Å². The summed E-state index contributed by atoms with van der Waals surface area (Å²) >= 11 is 0. The van der Waals surface area contributed by atoms with Crippen molar-refractivity contribution < 1.29 is 18.1 Å². The Balaban J connectivity index is 1.76. The Labute approximate surface area is 152 Å². The van der Waals surface area contributed by atoms with Crippen LogP contribution in [0, 0.1) is 17.1 Å². The van der Waals surface area contributed by atoms with Crippen molar-refractivity contribution in [3.8, 4) is 6.07 Å². The summed E-state index contributed by atoms with van der Waals surface area (Å²) in [6.07, 6.45) is 1.59. The molecular formula is C17H17FN4O3S. The minimum atomic E-state index is -1.50. The van der Waals surface area contributed by atoms with E-state index in [0.717, 1.165) is 12.1 Å². The minimum absolute atomic E-state index is 0.106. The van der Waals surface area contributed by atoms with Crippen LogP contribution in [0.25, 0.3) is 0 Å². The third kappa shape index (κ3) is 3.83. The summed E-state index contributed by atoms with van der Waals surface area (Å²) in [5.41, 5.74) is 0.188. The van der Waals surface area contributed by atoms with Gasteiger partial charge in [-0.3, -0.25) is 4.79 Å². The molecule has 0 bridgehead atoms. The van der Waals surface area contributed by atoms with Gasteiger partial charge in [-0.25, -0.2) is 13.3 Å². The minimum Gasteiger partial charge on any atom is -0.377 e. The number of amides is 1. The maximum Gasteiger partial charge on any atom is 0.272 e. The Kier molecular flexibility index (Phi) is 4.91. The second kappa shape index (κ2) is 6.99. The fraction of sp³-hybridized carbons (Fsp3) is 0.294. The topological polar surface area (TPSA) is 96.2 Å². The van der Waals surface area contributed by atoms with E-state index in [1.54, 1.807) is 13.2 Å². The third-order valence-corrected chi connectivity index (χ3v) is 5.22. The van der Waals surface area contributed by atoms with E-state index in [1.807, 2.05) is 13.0 Å². The summed E-state index contributed by atoms with van der Waals surface area (Å²) in [7, 11) is 0.152. The van der Waals surface area contributed by atoms with Crippen molar-refractivity contribution in [1.82, 2.24) is 9.29 Å². The van der Waals surface area contributed by atoms with E-state index in [4.69, 9.17) is 10.00 Å².